The van der Waals surface area contributed by atoms with Crippen molar-refractivity contribution >= 4 is 5.91 Å². The fourth-order valence-electron chi connectivity index (χ4n) is 4.61. The molecule has 0 bridgehead atoms. The van der Waals surface area contributed by atoms with Crippen LogP contribution in [0.15, 0.2) is 66.7 Å². The van der Waals surface area contributed by atoms with Crippen molar-refractivity contribution in [2.24, 2.45) is 0 Å². The Morgan fingerprint density at radius 1 is 0.912 bits per heavy atom. The highest BCUT2D eigenvalue weighted by Crippen LogP contribution is 2.29. The molecule has 0 aliphatic carbocycles. The number of halogens is 3. The van der Waals surface area contributed by atoms with Crippen LogP contribution in [0.4, 0.5) is 13.2 Å². The van der Waals surface area contributed by atoms with Gasteiger partial charge in [0.25, 0.3) is 0 Å². The van der Waals surface area contributed by atoms with Gasteiger partial charge in [-0.05, 0) is 67.6 Å². The summed E-state index contributed by atoms with van der Waals surface area (Å²) in [5.74, 6) is -0.0794. The Morgan fingerprint density at radius 2 is 1.53 bits per heavy atom. The van der Waals surface area contributed by atoms with Crippen LogP contribution in [-0.4, -0.2) is 23.4 Å². The Bertz CT molecular complexity index is 1120. The van der Waals surface area contributed by atoms with Crippen LogP contribution in [0.5, 0.6) is 0 Å². The molecule has 1 N–H and O–H groups in total. The highest BCUT2D eigenvalue weighted by atomic mass is 19.4. The van der Waals surface area contributed by atoms with E-state index in [9.17, 15) is 18.0 Å². The number of carbonyl (C=O) groups is 1. The largest absolute Gasteiger partial charge is 0.416 e. The number of hydrogen-bond acceptors (Lipinski definition) is 2. The summed E-state index contributed by atoms with van der Waals surface area (Å²) in [6.45, 7) is 5.94. The fourth-order valence-corrected chi connectivity index (χ4v) is 4.61. The number of amides is 1. The van der Waals surface area contributed by atoms with Crippen LogP contribution in [-0.2, 0) is 24.1 Å². The lowest BCUT2D eigenvalue weighted by Gasteiger charge is -2.24. The van der Waals surface area contributed by atoms with Gasteiger partial charge in [-0.25, -0.2) is 0 Å². The molecule has 0 aromatic heterocycles. The summed E-state index contributed by atoms with van der Waals surface area (Å²) in [5.41, 5.74) is 5.95. The number of benzene rings is 3. The van der Waals surface area contributed by atoms with Crippen LogP contribution < -0.4 is 5.32 Å². The Morgan fingerprint density at radius 3 is 2.15 bits per heavy atom. The normalized spacial score (nSPS) is 16.6. The molecule has 6 heteroatoms. The van der Waals surface area contributed by atoms with Gasteiger partial charge in [-0.15, -0.1) is 0 Å². The molecule has 1 amide bonds. The van der Waals surface area contributed by atoms with Crippen molar-refractivity contribution in [3.63, 3.8) is 0 Å². The van der Waals surface area contributed by atoms with E-state index in [0.29, 0.717) is 12.1 Å². The van der Waals surface area contributed by atoms with Crippen molar-refractivity contribution in [1.82, 2.24) is 10.2 Å². The lowest BCUT2D eigenvalue weighted by atomic mass is 9.99. The van der Waals surface area contributed by atoms with Crippen molar-refractivity contribution in [1.29, 1.82) is 0 Å². The van der Waals surface area contributed by atoms with Crippen LogP contribution in [0.25, 0.3) is 11.1 Å². The van der Waals surface area contributed by atoms with Gasteiger partial charge in [0.15, 0.2) is 0 Å². The highest BCUT2D eigenvalue weighted by Gasteiger charge is 2.31. The zero-order valence-corrected chi connectivity index (χ0v) is 19.5. The van der Waals surface area contributed by atoms with E-state index in [1.807, 2.05) is 0 Å². The quantitative estimate of drug-likeness (QED) is 0.464. The summed E-state index contributed by atoms with van der Waals surface area (Å²) in [7, 11) is 0. The lowest BCUT2D eigenvalue weighted by Crippen LogP contribution is -2.42. The standard InChI is InChI=1S/C28H29F3N2O/c1-19-14-20(2)16-24(15-19)23-9-5-22(6-10-23)18-33-13-3-4-26(33)27(34)32-17-21-7-11-25(12-8-21)28(29,30)31/h5-12,14-16,26H,3-4,13,17-18H2,1-2H3,(H,32,34). The van der Waals surface area contributed by atoms with Crippen LogP contribution in [0.2, 0.25) is 0 Å². The third-order valence-electron chi connectivity index (χ3n) is 6.31. The molecule has 0 radical (unpaired) electrons. The molecule has 0 saturated carbocycles. The molecule has 3 aromatic rings. The second kappa shape index (κ2) is 10.0. The predicted octanol–water partition coefficient (Wildman–Crippen LogP) is 6.27. The van der Waals surface area contributed by atoms with Gasteiger partial charge in [0.2, 0.25) is 5.91 Å². The molecule has 1 aliphatic rings. The molecule has 178 valence electrons. The van der Waals surface area contributed by atoms with Crippen LogP contribution in [0, 0.1) is 13.8 Å². The van der Waals surface area contributed by atoms with E-state index in [4.69, 9.17) is 0 Å². The maximum absolute atomic E-state index is 12.8. The number of aryl methyl sites for hydroxylation is 2. The Hall–Kier alpha value is -3.12. The van der Waals surface area contributed by atoms with E-state index in [1.165, 1.54) is 34.4 Å². The third-order valence-corrected chi connectivity index (χ3v) is 6.31. The first-order chi connectivity index (χ1) is 16.2. The minimum Gasteiger partial charge on any atom is -0.351 e. The molecule has 1 heterocycles. The zero-order chi connectivity index (χ0) is 24.3. The number of alkyl halides is 3. The molecule has 1 saturated heterocycles. The lowest BCUT2D eigenvalue weighted by molar-refractivity contribution is -0.137. The smallest absolute Gasteiger partial charge is 0.351 e. The number of rotatable bonds is 6. The average molecular weight is 467 g/mol. The van der Waals surface area contributed by atoms with Gasteiger partial charge in [-0.3, -0.25) is 9.69 Å². The average Bonchev–Trinajstić information content (AvgIpc) is 3.25. The van der Waals surface area contributed by atoms with Crippen LogP contribution in [0.1, 0.15) is 40.7 Å². The Kier molecular flexibility index (Phi) is 7.08. The first-order valence-corrected chi connectivity index (χ1v) is 11.5. The van der Waals surface area contributed by atoms with Crippen molar-refractivity contribution < 1.29 is 18.0 Å². The third kappa shape index (κ3) is 5.86. The molecular weight excluding hydrogens is 437 g/mol. The second-order valence-electron chi connectivity index (χ2n) is 9.11. The SMILES string of the molecule is Cc1cc(C)cc(-c2ccc(CN3CCCC3C(=O)NCc3ccc(C(F)(F)F)cc3)cc2)c1. The van der Waals surface area contributed by atoms with E-state index in [2.05, 4.69) is 66.5 Å². The number of hydrogen-bond donors (Lipinski definition) is 1. The molecular formula is C28H29F3N2O. The number of carbonyl (C=O) groups excluding carboxylic acids is 1. The first kappa shape index (κ1) is 24.0. The highest BCUT2D eigenvalue weighted by molar-refractivity contribution is 5.82. The van der Waals surface area contributed by atoms with Gasteiger partial charge >= 0.3 is 6.18 Å². The van der Waals surface area contributed by atoms with Crippen molar-refractivity contribution in [2.45, 2.75) is 52.0 Å². The fraction of sp³-hybridized carbons (Fsp3) is 0.321. The van der Waals surface area contributed by atoms with Crippen LogP contribution >= 0.6 is 0 Å². The number of likely N-dealkylation sites (tertiary alicyclic amines) is 1. The van der Waals surface area contributed by atoms with Gasteiger partial charge in [-0.2, -0.15) is 13.2 Å². The summed E-state index contributed by atoms with van der Waals surface area (Å²) in [6, 6.07) is 19.7. The summed E-state index contributed by atoms with van der Waals surface area (Å²) < 4.78 is 38.2. The van der Waals surface area contributed by atoms with Crippen molar-refractivity contribution in [2.75, 3.05) is 6.54 Å². The minimum atomic E-state index is -4.36. The topological polar surface area (TPSA) is 32.3 Å². The van der Waals surface area contributed by atoms with E-state index < -0.39 is 11.7 Å². The molecule has 34 heavy (non-hydrogen) atoms. The molecule has 0 spiro atoms. The van der Waals surface area contributed by atoms with E-state index in [0.717, 1.165) is 37.1 Å². The first-order valence-electron chi connectivity index (χ1n) is 11.5. The predicted molar refractivity (Wildman–Crippen MR) is 128 cm³/mol. The second-order valence-corrected chi connectivity index (χ2v) is 9.11. The van der Waals surface area contributed by atoms with Gasteiger partial charge in [0, 0.05) is 13.1 Å². The molecule has 4 rings (SSSR count). The van der Waals surface area contributed by atoms with E-state index >= 15 is 0 Å². The molecule has 1 fully saturated rings. The molecule has 3 nitrogen and oxygen atoms in total. The van der Waals surface area contributed by atoms with Gasteiger partial charge < -0.3 is 5.32 Å². The van der Waals surface area contributed by atoms with Gasteiger partial charge in [-0.1, -0.05) is 65.7 Å². The monoisotopic (exact) mass is 466 g/mol. The Labute approximate surface area is 198 Å². The molecule has 3 aromatic carbocycles. The number of nitrogens with zero attached hydrogens (tertiary/aromatic N) is 1. The molecule has 1 unspecified atom stereocenters. The van der Waals surface area contributed by atoms with Gasteiger partial charge in [0.1, 0.15) is 0 Å². The van der Waals surface area contributed by atoms with Crippen LogP contribution in [0.3, 0.4) is 0 Å². The molecule has 1 atom stereocenters. The maximum atomic E-state index is 12.8. The van der Waals surface area contributed by atoms with E-state index in [1.54, 1.807) is 0 Å². The number of nitrogens with one attached hydrogen (secondary N) is 1. The summed E-state index contributed by atoms with van der Waals surface area (Å²) >= 11 is 0. The summed E-state index contributed by atoms with van der Waals surface area (Å²) in [5, 5.41) is 2.89. The summed E-state index contributed by atoms with van der Waals surface area (Å²) in [6.07, 6.45) is -2.64. The Balaban J connectivity index is 1.35. The van der Waals surface area contributed by atoms with Gasteiger partial charge in [0.05, 0.1) is 11.6 Å². The van der Waals surface area contributed by atoms with Crippen molar-refractivity contribution in [3.8, 4) is 11.1 Å². The minimum absolute atomic E-state index is 0.0794. The maximum Gasteiger partial charge on any atom is 0.416 e. The summed E-state index contributed by atoms with van der Waals surface area (Å²) in [4.78, 5) is 15.0. The molecule has 1 aliphatic heterocycles. The zero-order valence-electron chi connectivity index (χ0n) is 19.5. The van der Waals surface area contributed by atoms with Crippen molar-refractivity contribution in [3.05, 3.63) is 94.5 Å². The van der Waals surface area contributed by atoms with E-state index in [-0.39, 0.29) is 18.5 Å².